The van der Waals surface area contributed by atoms with Gasteiger partial charge in [-0.05, 0) is 25.0 Å². The van der Waals surface area contributed by atoms with Crippen LogP contribution in [0.15, 0.2) is 12.1 Å². The largest absolute Gasteiger partial charge is 0.433 e. The second-order valence-electron chi connectivity index (χ2n) is 5.04. The van der Waals surface area contributed by atoms with E-state index >= 15 is 0 Å². The van der Waals surface area contributed by atoms with Gasteiger partial charge in [0.05, 0.1) is 17.8 Å². The SMILES string of the molecule is N#Cc1ccc(C(F)(F)F)nc1N1CC2CCC(C1)O2. The molecule has 2 fully saturated rings. The molecule has 2 bridgehead atoms. The molecular formula is C13H12F3N3O. The first-order valence-corrected chi connectivity index (χ1v) is 6.36. The monoisotopic (exact) mass is 283 g/mol. The molecule has 2 atom stereocenters. The summed E-state index contributed by atoms with van der Waals surface area (Å²) in [6.07, 6.45) is -2.65. The van der Waals surface area contributed by atoms with Crippen LogP contribution in [0.25, 0.3) is 0 Å². The van der Waals surface area contributed by atoms with E-state index in [1.165, 1.54) is 6.07 Å². The Bertz CT molecular complexity index is 555. The number of hydrogen-bond donors (Lipinski definition) is 0. The molecule has 3 rings (SSSR count). The quantitative estimate of drug-likeness (QED) is 0.793. The lowest BCUT2D eigenvalue weighted by atomic mass is 10.2. The second kappa shape index (κ2) is 4.63. The van der Waals surface area contributed by atoms with Gasteiger partial charge in [0.1, 0.15) is 17.6 Å². The van der Waals surface area contributed by atoms with E-state index in [2.05, 4.69) is 4.98 Å². The first kappa shape index (κ1) is 13.2. The van der Waals surface area contributed by atoms with E-state index in [0.717, 1.165) is 18.9 Å². The molecule has 106 valence electrons. The minimum absolute atomic E-state index is 0.0247. The lowest BCUT2D eigenvalue weighted by molar-refractivity contribution is -0.141. The Morgan fingerprint density at radius 1 is 1.25 bits per heavy atom. The maximum absolute atomic E-state index is 12.7. The van der Waals surface area contributed by atoms with Crippen LogP contribution in [-0.4, -0.2) is 30.3 Å². The highest BCUT2D eigenvalue weighted by Gasteiger charge is 2.37. The van der Waals surface area contributed by atoms with Crippen molar-refractivity contribution in [2.45, 2.75) is 31.2 Å². The summed E-state index contributed by atoms with van der Waals surface area (Å²) in [5.41, 5.74) is -0.801. The van der Waals surface area contributed by atoms with Crippen LogP contribution in [-0.2, 0) is 10.9 Å². The van der Waals surface area contributed by atoms with Gasteiger partial charge in [-0.2, -0.15) is 18.4 Å². The summed E-state index contributed by atoms with van der Waals surface area (Å²) in [4.78, 5) is 5.39. The van der Waals surface area contributed by atoms with E-state index < -0.39 is 11.9 Å². The van der Waals surface area contributed by atoms with Gasteiger partial charge in [0, 0.05) is 13.1 Å². The number of hydrogen-bond acceptors (Lipinski definition) is 4. The van der Waals surface area contributed by atoms with Crippen molar-refractivity contribution in [3.8, 4) is 6.07 Å². The molecule has 1 aromatic heterocycles. The number of morpholine rings is 1. The van der Waals surface area contributed by atoms with Crippen LogP contribution in [0.2, 0.25) is 0 Å². The van der Waals surface area contributed by atoms with Crippen molar-refractivity contribution in [2.24, 2.45) is 0 Å². The van der Waals surface area contributed by atoms with E-state index in [9.17, 15) is 13.2 Å². The predicted molar refractivity (Wildman–Crippen MR) is 64.1 cm³/mol. The minimum atomic E-state index is -4.51. The van der Waals surface area contributed by atoms with E-state index in [4.69, 9.17) is 10.00 Å². The zero-order chi connectivity index (χ0) is 14.3. The predicted octanol–water partition coefficient (Wildman–Crippen LogP) is 2.34. The number of fused-ring (bicyclic) bond motifs is 2. The number of ether oxygens (including phenoxy) is 1. The van der Waals surface area contributed by atoms with Gasteiger partial charge >= 0.3 is 6.18 Å². The Morgan fingerprint density at radius 3 is 2.45 bits per heavy atom. The average Bonchev–Trinajstić information content (AvgIpc) is 2.75. The number of anilines is 1. The third kappa shape index (κ3) is 2.31. The maximum atomic E-state index is 12.7. The molecule has 2 saturated heterocycles. The van der Waals surface area contributed by atoms with Crippen LogP contribution in [0.5, 0.6) is 0 Å². The van der Waals surface area contributed by atoms with E-state index in [-0.39, 0.29) is 23.6 Å². The number of halogens is 3. The fourth-order valence-electron chi connectivity index (χ4n) is 2.72. The Kier molecular flexibility index (Phi) is 3.05. The molecule has 3 heterocycles. The van der Waals surface area contributed by atoms with E-state index in [0.29, 0.717) is 13.1 Å². The molecule has 0 aromatic carbocycles. The molecule has 0 spiro atoms. The van der Waals surface area contributed by atoms with Crippen LogP contribution >= 0.6 is 0 Å². The third-order valence-corrected chi connectivity index (χ3v) is 3.63. The molecular weight excluding hydrogens is 271 g/mol. The van der Waals surface area contributed by atoms with E-state index in [1.54, 1.807) is 4.90 Å². The average molecular weight is 283 g/mol. The lowest BCUT2D eigenvalue weighted by Crippen LogP contribution is -2.43. The van der Waals surface area contributed by atoms with Crippen molar-refractivity contribution in [3.63, 3.8) is 0 Å². The highest BCUT2D eigenvalue weighted by molar-refractivity contribution is 5.55. The van der Waals surface area contributed by atoms with Crippen LogP contribution in [0, 0.1) is 11.3 Å². The molecule has 0 aliphatic carbocycles. The number of nitriles is 1. The zero-order valence-corrected chi connectivity index (χ0v) is 10.5. The number of aromatic nitrogens is 1. The molecule has 20 heavy (non-hydrogen) atoms. The van der Waals surface area contributed by atoms with Crippen LogP contribution in [0.1, 0.15) is 24.1 Å². The molecule has 2 aliphatic rings. The van der Waals surface area contributed by atoms with Gasteiger partial charge in [0.25, 0.3) is 0 Å². The fourth-order valence-corrected chi connectivity index (χ4v) is 2.72. The number of pyridine rings is 1. The van der Waals surface area contributed by atoms with Gasteiger partial charge in [-0.1, -0.05) is 0 Å². The third-order valence-electron chi connectivity index (χ3n) is 3.63. The highest BCUT2D eigenvalue weighted by Crippen LogP contribution is 2.33. The summed E-state index contributed by atoms with van der Waals surface area (Å²) in [5.74, 6) is 0.113. The molecule has 0 saturated carbocycles. The summed E-state index contributed by atoms with van der Waals surface area (Å²) < 4.78 is 43.9. The summed E-state index contributed by atoms with van der Waals surface area (Å²) in [5, 5.41) is 9.06. The lowest BCUT2D eigenvalue weighted by Gasteiger charge is -2.33. The zero-order valence-electron chi connectivity index (χ0n) is 10.5. The standard InChI is InChI=1S/C13H12F3N3O/c14-13(15,16)11-4-1-8(5-17)12(18-11)19-6-9-2-3-10(7-19)20-9/h1,4,9-10H,2-3,6-7H2. The molecule has 4 nitrogen and oxygen atoms in total. The van der Waals surface area contributed by atoms with Crippen molar-refractivity contribution >= 4 is 5.82 Å². The maximum Gasteiger partial charge on any atom is 0.433 e. The number of nitrogens with zero attached hydrogens (tertiary/aromatic N) is 3. The smallest absolute Gasteiger partial charge is 0.371 e. The van der Waals surface area contributed by atoms with Gasteiger partial charge in [0.2, 0.25) is 0 Å². The molecule has 0 radical (unpaired) electrons. The second-order valence-corrected chi connectivity index (χ2v) is 5.04. The van der Waals surface area contributed by atoms with Crippen LogP contribution in [0.4, 0.5) is 19.0 Å². The Labute approximate surface area is 113 Å². The first-order valence-electron chi connectivity index (χ1n) is 6.36. The topological polar surface area (TPSA) is 49.2 Å². The van der Waals surface area contributed by atoms with Gasteiger partial charge in [0.15, 0.2) is 0 Å². The van der Waals surface area contributed by atoms with Crippen LogP contribution in [0.3, 0.4) is 0 Å². The van der Waals surface area contributed by atoms with Crippen molar-refractivity contribution in [1.82, 2.24) is 4.98 Å². The van der Waals surface area contributed by atoms with E-state index in [1.807, 2.05) is 6.07 Å². The van der Waals surface area contributed by atoms with Gasteiger partial charge < -0.3 is 9.64 Å². The molecule has 2 unspecified atom stereocenters. The van der Waals surface area contributed by atoms with Gasteiger partial charge in [-0.25, -0.2) is 4.98 Å². The minimum Gasteiger partial charge on any atom is -0.371 e. The Balaban J connectivity index is 1.97. The number of rotatable bonds is 1. The first-order chi connectivity index (χ1) is 9.47. The molecule has 1 aromatic rings. The summed E-state index contributed by atoms with van der Waals surface area (Å²) in [6.45, 7) is 0.971. The van der Waals surface area contributed by atoms with Gasteiger partial charge in [-0.3, -0.25) is 0 Å². The molecule has 7 heteroatoms. The van der Waals surface area contributed by atoms with Crippen molar-refractivity contribution < 1.29 is 17.9 Å². The molecule has 0 amide bonds. The fraction of sp³-hybridized carbons (Fsp3) is 0.538. The molecule has 2 aliphatic heterocycles. The summed E-state index contributed by atoms with van der Waals surface area (Å²) in [7, 11) is 0. The summed E-state index contributed by atoms with van der Waals surface area (Å²) in [6, 6.07) is 3.94. The Hall–Kier alpha value is -1.81. The normalized spacial score (nSPS) is 25.6. The molecule has 0 N–H and O–H groups in total. The van der Waals surface area contributed by atoms with Crippen LogP contribution < -0.4 is 4.90 Å². The highest BCUT2D eigenvalue weighted by atomic mass is 19.4. The van der Waals surface area contributed by atoms with Gasteiger partial charge in [-0.15, -0.1) is 0 Å². The summed E-state index contributed by atoms with van der Waals surface area (Å²) >= 11 is 0. The Morgan fingerprint density at radius 2 is 1.90 bits per heavy atom. The van der Waals surface area contributed by atoms with Crippen molar-refractivity contribution in [1.29, 1.82) is 5.26 Å². The number of alkyl halides is 3. The van der Waals surface area contributed by atoms with Crippen molar-refractivity contribution in [3.05, 3.63) is 23.4 Å². The van der Waals surface area contributed by atoms with Crippen molar-refractivity contribution in [2.75, 3.05) is 18.0 Å².